The molecule has 8 heteroatoms. The van der Waals surface area contributed by atoms with Crippen LogP contribution in [0.1, 0.15) is 38.2 Å². The van der Waals surface area contributed by atoms with Crippen LogP contribution in [0.4, 0.5) is 0 Å². The van der Waals surface area contributed by atoms with Crippen molar-refractivity contribution < 1.29 is 13.7 Å². The Morgan fingerprint density at radius 2 is 2.00 bits per heavy atom. The monoisotopic (exact) mass is 408 g/mol. The van der Waals surface area contributed by atoms with Crippen molar-refractivity contribution in [1.29, 1.82) is 0 Å². The lowest BCUT2D eigenvalue weighted by atomic mass is 9.95. The van der Waals surface area contributed by atoms with Crippen molar-refractivity contribution in [1.82, 2.24) is 16.0 Å². The van der Waals surface area contributed by atoms with Gasteiger partial charge in [-0.1, -0.05) is 25.5 Å². The number of carbonyl (C=O) groups excluding carboxylic acids is 1. The smallest absolute Gasteiger partial charge is 0.239 e. The van der Waals surface area contributed by atoms with Gasteiger partial charge in [0, 0.05) is 41.4 Å². The van der Waals surface area contributed by atoms with Crippen LogP contribution in [0.25, 0.3) is 0 Å². The lowest BCUT2D eigenvalue weighted by Gasteiger charge is -2.30. The fourth-order valence-electron chi connectivity index (χ4n) is 3.31. The van der Waals surface area contributed by atoms with E-state index in [0.717, 1.165) is 37.0 Å². The highest BCUT2D eigenvalue weighted by atomic mass is 32.2. The highest BCUT2D eigenvalue weighted by Crippen LogP contribution is 2.22. The van der Waals surface area contributed by atoms with Crippen LogP contribution in [-0.2, 0) is 22.1 Å². The Kier molecular flexibility index (Phi) is 9.27. The van der Waals surface area contributed by atoms with Gasteiger partial charge >= 0.3 is 0 Å². The van der Waals surface area contributed by atoms with Crippen molar-refractivity contribution in [2.45, 2.75) is 50.4 Å². The van der Waals surface area contributed by atoms with Crippen molar-refractivity contribution in [2.24, 2.45) is 4.99 Å². The number of ether oxygens (including phenoxy) is 1. The molecule has 0 radical (unpaired) electrons. The summed E-state index contributed by atoms with van der Waals surface area (Å²) in [4.78, 5) is 16.3. The van der Waals surface area contributed by atoms with Crippen LogP contribution in [0.2, 0.25) is 0 Å². The summed E-state index contributed by atoms with van der Waals surface area (Å²) in [5, 5.41) is 9.56. The molecule has 0 spiro atoms. The molecule has 0 saturated heterocycles. The van der Waals surface area contributed by atoms with Gasteiger partial charge < -0.3 is 20.7 Å². The summed E-state index contributed by atoms with van der Waals surface area (Å²) in [5.74, 6) is 2.00. The van der Waals surface area contributed by atoms with E-state index in [1.807, 2.05) is 31.2 Å². The molecule has 1 aliphatic rings. The molecule has 0 aromatic heterocycles. The summed E-state index contributed by atoms with van der Waals surface area (Å²) in [5.41, 5.74) is 1.01. The molecule has 3 N–H and O–H groups in total. The van der Waals surface area contributed by atoms with E-state index in [1.54, 1.807) is 14.2 Å². The molecule has 1 saturated carbocycles. The largest absolute Gasteiger partial charge is 0.497 e. The fourth-order valence-corrected chi connectivity index (χ4v) is 4.66. The van der Waals surface area contributed by atoms with Crippen LogP contribution in [0, 0.1) is 0 Å². The van der Waals surface area contributed by atoms with Gasteiger partial charge in [0.2, 0.25) is 5.91 Å². The molecule has 1 aliphatic carbocycles. The van der Waals surface area contributed by atoms with Gasteiger partial charge in [0.1, 0.15) is 5.75 Å². The zero-order valence-electron chi connectivity index (χ0n) is 17.0. The fraction of sp³-hybridized carbons (Fsp3) is 0.600. The standard InChI is InChI=1S/C20H32N4O3S/c1-4-28(26)18-7-5-6-16(12-18)24-20(21-2)23-14-19(25)22-13-15-8-10-17(27-3)11-9-15/h8-11,16,18H,4-7,12-14H2,1-3H3,(H,22,25)(H2,21,23,24). The molecule has 1 amide bonds. The van der Waals surface area contributed by atoms with E-state index >= 15 is 0 Å². The molecule has 3 unspecified atom stereocenters. The quantitative estimate of drug-likeness (QED) is 0.448. The summed E-state index contributed by atoms with van der Waals surface area (Å²) in [7, 11) is 2.56. The second kappa shape index (κ2) is 11.7. The topological polar surface area (TPSA) is 91.8 Å². The van der Waals surface area contributed by atoms with E-state index < -0.39 is 10.8 Å². The number of methoxy groups -OCH3 is 1. The van der Waals surface area contributed by atoms with Gasteiger partial charge in [-0.2, -0.15) is 0 Å². The van der Waals surface area contributed by atoms with E-state index in [1.165, 1.54) is 0 Å². The first-order valence-electron chi connectivity index (χ1n) is 9.79. The highest BCUT2D eigenvalue weighted by molar-refractivity contribution is 7.85. The lowest BCUT2D eigenvalue weighted by molar-refractivity contribution is -0.120. The average molecular weight is 409 g/mol. The van der Waals surface area contributed by atoms with Gasteiger partial charge in [0.15, 0.2) is 5.96 Å². The summed E-state index contributed by atoms with van der Waals surface area (Å²) in [6.07, 6.45) is 4.00. The molecule has 1 aromatic rings. The van der Waals surface area contributed by atoms with Crippen LogP contribution in [-0.4, -0.2) is 53.8 Å². The van der Waals surface area contributed by atoms with Gasteiger partial charge in [-0.15, -0.1) is 0 Å². The zero-order valence-corrected chi connectivity index (χ0v) is 17.8. The molecule has 28 heavy (non-hydrogen) atoms. The number of benzene rings is 1. The zero-order chi connectivity index (χ0) is 20.4. The summed E-state index contributed by atoms with van der Waals surface area (Å²) < 4.78 is 17.2. The normalized spacial score (nSPS) is 20.9. The number of aliphatic imine (C=N–C) groups is 1. The van der Waals surface area contributed by atoms with Crippen molar-refractivity contribution in [3.05, 3.63) is 29.8 Å². The number of guanidine groups is 1. The first-order valence-corrected chi connectivity index (χ1v) is 11.2. The third-order valence-electron chi connectivity index (χ3n) is 4.91. The number of nitrogens with one attached hydrogen (secondary N) is 3. The third-order valence-corrected chi connectivity index (χ3v) is 6.65. The minimum atomic E-state index is -0.757. The van der Waals surface area contributed by atoms with E-state index in [0.29, 0.717) is 18.3 Å². The Morgan fingerprint density at radius 3 is 2.64 bits per heavy atom. The first kappa shape index (κ1) is 22.2. The maximum atomic E-state index is 12.1. The molecule has 0 heterocycles. The van der Waals surface area contributed by atoms with E-state index in [2.05, 4.69) is 20.9 Å². The van der Waals surface area contributed by atoms with Crippen LogP contribution in [0.5, 0.6) is 5.75 Å². The summed E-state index contributed by atoms with van der Waals surface area (Å²) in [6, 6.07) is 7.82. The predicted octanol–water partition coefficient (Wildman–Crippen LogP) is 1.56. The Labute approximate surface area is 170 Å². The van der Waals surface area contributed by atoms with Crippen molar-refractivity contribution >= 4 is 22.7 Å². The number of amides is 1. The van der Waals surface area contributed by atoms with Crippen molar-refractivity contribution in [3.8, 4) is 5.75 Å². The molecule has 0 aliphatic heterocycles. The van der Waals surface area contributed by atoms with Gasteiger partial charge in [-0.05, 0) is 37.0 Å². The molecule has 1 fully saturated rings. The third kappa shape index (κ3) is 7.14. The molecule has 1 aromatic carbocycles. The summed E-state index contributed by atoms with van der Waals surface area (Å²) in [6.45, 7) is 2.58. The molecular formula is C20H32N4O3S. The minimum Gasteiger partial charge on any atom is -0.497 e. The Morgan fingerprint density at radius 1 is 1.25 bits per heavy atom. The van der Waals surface area contributed by atoms with Gasteiger partial charge in [0.05, 0.1) is 13.7 Å². The predicted molar refractivity (Wildman–Crippen MR) is 114 cm³/mol. The van der Waals surface area contributed by atoms with Crippen molar-refractivity contribution in [3.63, 3.8) is 0 Å². The number of nitrogens with zero attached hydrogens (tertiary/aromatic N) is 1. The van der Waals surface area contributed by atoms with Crippen LogP contribution in [0.3, 0.4) is 0 Å². The molecule has 7 nitrogen and oxygen atoms in total. The molecule has 156 valence electrons. The van der Waals surface area contributed by atoms with Crippen LogP contribution in [0.15, 0.2) is 29.3 Å². The Hall–Kier alpha value is -2.09. The van der Waals surface area contributed by atoms with Crippen LogP contribution < -0.4 is 20.7 Å². The SMILES string of the molecule is CCS(=O)C1CCCC(NC(=NC)NCC(=O)NCc2ccc(OC)cc2)C1. The lowest BCUT2D eigenvalue weighted by Crippen LogP contribution is -2.48. The first-order chi connectivity index (χ1) is 13.5. The van der Waals surface area contributed by atoms with Crippen LogP contribution >= 0.6 is 0 Å². The number of rotatable bonds is 8. The number of hydrogen-bond donors (Lipinski definition) is 3. The molecule has 2 rings (SSSR count). The number of hydrogen-bond acceptors (Lipinski definition) is 4. The maximum Gasteiger partial charge on any atom is 0.239 e. The van der Waals surface area contributed by atoms with Gasteiger partial charge in [0.25, 0.3) is 0 Å². The molecule has 3 atom stereocenters. The van der Waals surface area contributed by atoms with E-state index in [4.69, 9.17) is 4.74 Å². The Balaban J connectivity index is 1.73. The second-order valence-corrected chi connectivity index (χ2v) is 8.86. The Bertz CT molecular complexity index is 679. The number of carbonyl (C=O) groups is 1. The summed E-state index contributed by atoms with van der Waals surface area (Å²) >= 11 is 0. The van der Waals surface area contributed by atoms with Gasteiger partial charge in [-0.25, -0.2) is 0 Å². The second-order valence-electron chi connectivity index (χ2n) is 6.85. The molecular weight excluding hydrogens is 376 g/mol. The average Bonchev–Trinajstić information content (AvgIpc) is 2.75. The maximum absolute atomic E-state index is 12.1. The van der Waals surface area contributed by atoms with E-state index in [-0.39, 0.29) is 23.7 Å². The van der Waals surface area contributed by atoms with Crippen molar-refractivity contribution in [2.75, 3.05) is 26.5 Å². The van der Waals surface area contributed by atoms with Gasteiger partial charge in [-0.3, -0.25) is 14.0 Å². The minimum absolute atomic E-state index is 0.104. The van der Waals surface area contributed by atoms with E-state index in [9.17, 15) is 9.00 Å². The molecule has 0 bridgehead atoms. The highest BCUT2D eigenvalue weighted by Gasteiger charge is 2.26.